The summed E-state index contributed by atoms with van der Waals surface area (Å²) in [6.45, 7) is 7.17. The molecule has 2 aliphatic carbocycles. The fourth-order valence-corrected chi connectivity index (χ4v) is 7.15. The highest BCUT2D eigenvalue weighted by atomic mass is 19.1. The number of rotatable bonds is 5. The quantitative estimate of drug-likeness (QED) is 0.562. The summed E-state index contributed by atoms with van der Waals surface area (Å²) in [4.78, 5) is 31.6. The molecule has 0 spiro atoms. The van der Waals surface area contributed by atoms with E-state index >= 15 is 0 Å². The van der Waals surface area contributed by atoms with Gasteiger partial charge in [-0.15, -0.1) is 0 Å². The lowest BCUT2D eigenvalue weighted by Gasteiger charge is -2.48. The van der Waals surface area contributed by atoms with Crippen LogP contribution in [0.15, 0.2) is 18.2 Å². The average molecular weight is 518 g/mol. The Balaban J connectivity index is 1.54. The minimum Gasteiger partial charge on any atom is -0.351 e. The van der Waals surface area contributed by atoms with E-state index in [1.807, 2.05) is 39.8 Å². The van der Waals surface area contributed by atoms with Crippen molar-refractivity contribution in [2.45, 2.75) is 96.1 Å². The Labute approximate surface area is 221 Å². The lowest BCUT2D eigenvalue weighted by Crippen LogP contribution is -2.57. The van der Waals surface area contributed by atoms with E-state index < -0.39 is 17.0 Å². The smallest absolute Gasteiger partial charge is 0.227 e. The molecule has 0 radical (unpaired) electrons. The summed E-state index contributed by atoms with van der Waals surface area (Å²) in [5.74, 6) is -1.27. The Morgan fingerprint density at radius 2 is 1.68 bits per heavy atom. The van der Waals surface area contributed by atoms with Gasteiger partial charge in [0.15, 0.2) is 0 Å². The van der Waals surface area contributed by atoms with Crippen molar-refractivity contribution in [1.29, 1.82) is 0 Å². The highest BCUT2D eigenvalue weighted by molar-refractivity contribution is 5.85. The number of hydrogen-bond donors (Lipinski definition) is 1. The van der Waals surface area contributed by atoms with Gasteiger partial charge in [0, 0.05) is 36.7 Å². The van der Waals surface area contributed by atoms with Gasteiger partial charge in [0.05, 0.1) is 5.41 Å². The van der Waals surface area contributed by atoms with Crippen LogP contribution in [0.1, 0.15) is 90.0 Å². The van der Waals surface area contributed by atoms with E-state index in [1.54, 1.807) is 0 Å². The monoisotopic (exact) mass is 517 g/mol. The molecule has 2 amide bonds. The van der Waals surface area contributed by atoms with Crippen LogP contribution in [-0.4, -0.2) is 60.4 Å². The second kappa shape index (κ2) is 11.0. The summed E-state index contributed by atoms with van der Waals surface area (Å²) in [7, 11) is 3.98. The lowest BCUT2D eigenvalue weighted by molar-refractivity contribution is -0.148. The molecule has 3 fully saturated rings. The van der Waals surface area contributed by atoms with Gasteiger partial charge in [-0.05, 0) is 96.9 Å². The molecule has 3 aliphatic rings. The van der Waals surface area contributed by atoms with Crippen LogP contribution < -0.4 is 5.32 Å². The zero-order valence-corrected chi connectivity index (χ0v) is 23.3. The third kappa shape index (κ3) is 6.02. The van der Waals surface area contributed by atoms with E-state index in [4.69, 9.17) is 0 Å². The van der Waals surface area contributed by atoms with Crippen molar-refractivity contribution in [2.75, 3.05) is 27.2 Å². The van der Waals surface area contributed by atoms with Crippen LogP contribution >= 0.6 is 0 Å². The third-order valence-electron chi connectivity index (χ3n) is 9.24. The van der Waals surface area contributed by atoms with Gasteiger partial charge in [-0.1, -0.05) is 25.3 Å². The van der Waals surface area contributed by atoms with Crippen molar-refractivity contribution in [3.05, 3.63) is 35.4 Å². The van der Waals surface area contributed by atoms with Gasteiger partial charge < -0.3 is 15.1 Å². The Hall–Kier alpha value is -2.02. The van der Waals surface area contributed by atoms with Crippen LogP contribution in [0.3, 0.4) is 0 Å². The van der Waals surface area contributed by atoms with E-state index in [0.717, 1.165) is 31.7 Å². The number of carbonyl (C=O) groups is 2. The molecular formula is C30H45F2N3O2. The SMILES string of the molecule is CN(C)[C@@H]1CC(c2ccc(F)cc2F)[C@H](C(=O)N2CCC(C(=O)NC(C)(C)C)(C3CCCCC3)CC2)C1. The lowest BCUT2D eigenvalue weighted by atomic mass is 9.63. The third-order valence-corrected chi connectivity index (χ3v) is 9.24. The second-order valence-corrected chi connectivity index (χ2v) is 13.0. The van der Waals surface area contributed by atoms with Gasteiger partial charge in [0.2, 0.25) is 11.8 Å². The molecule has 37 heavy (non-hydrogen) atoms. The minimum atomic E-state index is -0.602. The molecule has 2 saturated carbocycles. The van der Waals surface area contributed by atoms with Crippen molar-refractivity contribution < 1.29 is 18.4 Å². The van der Waals surface area contributed by atoms with Crippen molar-refractivity contribution >= 4 is 11.8 Å². The Bertz CT molecular complexity index is 976. The number of nitrogens with one attached hydrogen (secondary N) is 1. The number of likely N-dealkylation sites (tertiary alicyclic amines) is 1. The van der Waals surface area contributed by atoms with E-state index in [-0.39, 0.29) is 35.2 Å². The molecule has 0 aromatic heterocycles. The fraction of sp³-hybridized carbons (Fsp3) is 0.733. The van der Waals surface area contributed by atoms with Crippen LogP contribution in [0.2, 0.25) is 0 Å². The first kappa shape index (κ1) is 28.0. The Kier molecular flexibility index (Phi) is 8.32. The van der Waals surface area contributed by atoms with Crippen LogP contribution in [0.4, 0.5) is 8.78 Å². The molecule has 7 heteroatoms. The molecular weight excluding hydrogens is 472 g/mol. The first-order valence-electron chi connectivity index (χ1n) is 14.1. The topological polar surface area (TPSA) is 52.7 Å². The molecule has 5 nitrogen and oxygen atoms in total. The van der Waals surface area contributed by atoms with Crippen LogP contribution in [0, 0.1) is 28.9 Å². The molecule has 1 aliphatic heterocycles. The maximum Gasteiger partial charge on any atom is 0.227 e. The fourth-order valence-electron chi connectivity index (χ4n) is 7.15. The van der Waals surface area contributed by atoms with Gasteiger partial charge in [-0.2, -0.15) is 0 Å². The molecule has 0 bridgehead atoms. The molecule has 1 N–H and O–H groups in total. The zero-order chi connectivity index (χ0) is 27.0. The molecule has 4 rings (SSSR count). The normalized spacial score (nSPS) is 26.9. The number of piperidine rings is 1. The largest absolute Gasteiger partial charge is 0.351 e. The maximum absolute atomic E-state index is 14.8. The molecule has 1 aromatic carbocycles. The van der Waals surface area contributed by atoms with Crippen molar-refractivity contribution in [3.63, 3.8) is 0 Å². The Morgan fingerprint density at radius 1 is 1.03 bits per heavy atom. The van der Waals surface area contributed by atoms with E-state index in [2.05, 4.69) is 10.2 Å². The summed E-state index contributed by atoms with van der Waals surface area (Å²) >= 11 is 0. The van der Waals surface area contributed by atoms with Crippen molar-refractivity contribution in [1.82, 2.24) is 15.1 Å². The molecule has 3 atom stereocenters. The van der Waals surface area contributed by atoms with E-state index in [1.165, 1.54) is 18.6 Å². The molecule has 1 heterocycles. The standard InChI is InChI=1S/C30H45F2N3O2/c1-29(2,3)33-28(37)30(20-9-7-6-8-10-20)13-15-35(16-14-30)27(36)25-19-22(34(4)5)18-24(25)23-12-11-21(31)17-26(23)32/h11-12,17,20,22,24-25H,6-10,13-16,18-19H2,1-5H3,(H,33,37)/t22-,24?,25-/m1/s1. The molecule has 1 saturated heterocycles. The maximum atomic E-state index is 14.8. The summed E-state index contributed by atoms with van der Waals surface area (Å²) < 4.78 is 28.4. The van der Waals surface area contributed by atoms with Gasteiger partial charge >= 0.3 is 0 Å². The van der Waals surface area contributed by atoms with Crippen molar-refractivity contribution in [2.24, 2.45) is 17.3 Å². The Morgan fingerprint density at radius 3 is 2.24 bits per heavy atom. The van der Waals surface area contributed by atoms with Gasteiger partial charge in [0.1, 0.15) is 11.6 Å². The summed E-state index contributed by atoms with van der Waals surface area (Å²) in [5, 5.41) is 3.26. The number of hydrogen-bond acceptors (Lipinski definition) is 3. The average Bonchev–Trinajstić information content (AvgIpc) is 3.28. The highest BCUT2D eigenvalue weighted by Gasteiger charge is 2.50. The summed E-state index contributed by atoms with van der Waals surface area (Å²) in [6.07, 6.45) is 8.37. The number of amides is 2. The second-order valence-electron chi connectivity index (χ2n) is 13.0. The predicted molar refractivity (Wildman–Crippen MR) is 142 cm³/mol. The van der Waals surface area contributed by atoms with Crippen LogP contribution in [0.5, 0.6) is 0 Å². The first-order chi connectivity index (χ1) is 17.4. The zero-order valence-electron chi connectivity index (χ0n) is 23.3. The molecule has 206 valence electrons. The number of carbonyl (C=O) groups excluding carboxylic acids is 2. The molecule has 1 unspecified atom stereocenters. The van der Waals surface area contributed by atoms with Gasteiger partial charge in [-0.25, -0.2) is 8.78 Å². The summed E-state index contributed by atoms with van der Waals surface area (Å²) in [5.41, 5.74) is -0.305. The molecule has 1 aromatic rings. The van der Waals surface area contributed by atoms with Crippen LogP contribution in [-0.2, 0) is 9.59 Å². The minimum absolute atomic E-state index is 0.0477. The van der Waals surface area contributed by atoms with Crippen LogP contribution in [0.25, 0.3) is 0 Å². The highest BCUT2D eigenvalue weighted by Crippen LogP contribution is 2.48. The predicted octanol–water partition coefficient (Wildman–Crippen LogP) is 5.49. The number of benzene rings is 1. The van der Waals surface area contributed by atoms with E-state index in [0.29, 0.717) is 50.3 Å². The van der Waals surface area contributed by atoms with E-state index in [9.17, 15) is 18.4 Å². The van der Waals surface area contributed by atoms with Gasteiger partial charge in [-0.3, -0.25) is 9.59 Å². The van der Waals surface area contributed by atoms with Gasteiger partial charge in [0.25, 0.3) is 0 Å². The number of halogens is 2. The summed E-state index contributed by atoms with van der Waals surface area (Å²) in [6, 6.07) is 3.88. The first-order valence-corrected chi connectivity index (χ1v) is 14.1. The van der Waals surface area contributed by atoms with Crippen molar-refractivity contribution in [3.8, 4) is 0 Å². The number of nitrogens with zero attached hydrogens (tertiary/aromatic N) is 2.